The zero-order valence-corrected chi connectivity index (χ0v) is 20.9. The lowest BCUT2D eigenvalue weighted by molar-refractivity contribution is -0.237. The second-order valence-electron chi connectivity index (χ2n) is 9.29. The van der Waals surface area contributed by atoms with Crippen molar-refractivity contribution in [2.24, 2.45) is 0 Å². The van der Waals surface area contributed by atoms with Crippen LogP contribution in [-0.4, -0.2) is 76.4 Å². The lowest BCUT2D eigenvalue weighted by Crippen LogP contribution is -2.64. The van der Waals surface area contributed by atoms with E-state index in [4.69, 9.17) is 14.2 Å². The third-order valence-corrected chi connectivity index (χ3v) is 6.88. The summed E-state index contributed by atoms with van der Waals surface area (Å²) in [5, 5.41) is 51.1. The first-order chi connectivity index (χ1) is 17.8. The first kappa shape index (κ1) is 27.1. The average Bonchev–Trinajstić information content (AvgIpc) is 2.92. The van der Waals surface area contributed by atoms with E-state index >= 15 is 0 Å². The number of rotatable bonds is 9. The third-order valence-electron chi connectivity index (χ3n) is 6.88. The van der Waals surface area contributed by atoms with Crippen LogP contribution in [0.15, 0.2) is 66.7 Å². The van der Waals surface area contributed by atoms with Gasteiger partial charge in [0.2, 0.25) is 0 Å². The molecule has 0 bridgehead atoms. The van der Waals surface area contributed by atoms with Crippen LogP contribution in [0.5, 0.6) is 11.5 Å². The monoisotopic (exact) mass is 510 g/mol. The van der Waals surface area contributed by atoms with Gasteiger partial charge in [-0.25, -0.2) is 0 Å². The molecule has 0 heterocycles. The second-order valence-corrected chi connectivity index (χ2v) is 9.29. The van der Waals surface area contributed by atoms with E-state index in [9.17, 15) is 25.5 Å². The van der Waals surface area contributed by atoms with E-state index in [1.54, 1.807) is 14.2 Å². The molecular weight excluding hydrogens is 476 g/mol. The van der Waals surface area contributed by atoms with E-state index in [1.165, 1.54) is 0 Å². The van der Waals surface area contributed by atoms with Crippen molar-refractivity contribution in [1.29, 1.82) is 0 Å². The number of hydrogen-bond acceptors (Lipinski definition) is 8. The molecule has 0 saturated heterocycles. The molecule has 5 N–H and O–H groups in total. The van der Waals surface area contributed by atoms with Crippen LogP contribution in [0, 0.1) is 0 Å². The molecule has 0 aromatic heterocycles. The predicted molar refractivity (Wildman–Crippen MR) is 137 cm³/mol. The van der Waals surface area contributed by atoms with Crippen LogP contribution in [0.25, 0.3) is 0 Å². The number of hydrogen-bond donors (Lipinski definition) is 5. The Morgan fingerprint density at radius 2 is 1.08 bits per heavy atom. The smallest absolute Gasteiger partial charge is 0.164 e. The molecule has 1 fully saturated rings. The molecular formula is C29H34O8. The molecule has 6 atom stereocenters. The van der Waals surface area contributed by atoms with Crippen LogP contribution < -0.4 is 9.47 Å². The Labute approximate surface area is 216 Å². The number of methoxy groups -OCH3 is 2. The van der Waals surface area contributed by atoms with Crippen LogP contribution in [0.2, 0.25) is 0 Å². The van der Waals surface area contributed by atoms with Gasteiger partial charge in [-0.1, -0.05) is 60.7 Å². The largest absolute Gasteiger partial charge is 0.493 e. The molecule has 4 rings (SSSR count). The minimum absolute atomic E-state index is 0.0569. The Hall–Kier alpha value is -2.98. The van der Waals surface area contributed by atoms with Crippen LogP contribution >= 0.6 is 0 Å². The lowest BCUT2D eigenvalue weighted by Gasteiger charge is -2.41. The summed E-state index contributed by atoms with van der Waals surface area (Å²) >= 11 is 0. The van der Waals surface area contributed by atoms with Gasteiger partial charge < -0.3 is 39.7 Å². The van der Waals surface area contributed by atoms with Gasteiger partial charge in [0, 0.05) is 24.0 Å². The molecule has 1 saturated carbocycles. The first-order valence-electron chi connectivity index (χ1n) is 12.2. The highest BCUT2D eigenvalue weighted by Gasteiger charge is 2.49. The average molecular weight is 511 g/mol. The van der Waals surface area contributed by atoms with Crippen molar-refractivity contribution in [2.45, 2.75) is 56.1 Å². The zero-order valence-electron chi connectivity index (χ0n) is 20.9. The van der Waals surface area contributed by atoms with Crippen LogP contribution in [-0.2, 0) is 24.2 Å². The van der Waals surface area contributed by atoms with Gasteiger partial charge in [-0.05, 0) is 22.8 Å². The van der Waals surface area contributed by atoms with E-state index in [2.05, 4.69) is 0 Å². The summed E-state index contributed by atoms with van der Waals surface area (Å²) in [6.45, 7) is -0.0569. The molecule has 8 heteroatoms. The SMILES string of the molecule is COc1c(Cc2ccccc2)cc(COC2[C@@H](O)[C@H](O)C(O)[C@H](O)[C@@H]2O)c(Cc2ccccc2)c1OC. The Kier molecular flexibility index (Phi) is 8.81. The number of benzene rings is 3. The van der Waals surface area contributed by atoms with Gasteiger partial charge in [-0.2, -0.15) is 0 Å². The molecule has 198 valence electrons. The summed E-state index contributed by atoms with van der Waals surface area (Å²) in [4.78, 5) is 0. The van der Waals surface area contributed by atoms with E-state index < -0.39 is 36.6 Å². The Bertz CT molecular complexity index is 1140. The normalized spacial score (nSPS) is 25.6. The fourth-order valence-corrected chi connectivity index (χ4v) is 4.88. The van der Waals surface area contributed by atoms with Crippen molar-refractivity contribution in [3.8, 4) is 11.5 Å². The molecule has 1 aliphatic carbocycles. The summed E-state index contributed by atoms with van der Waals surface area (Å²) in [5.41, 5.74) is 4.52. The van der Waals surface area contributed by atoms with Crippen molar-refractivity contribution in [3.63, 3.8) is 0 Å². The highest BCUT2D eigenvalue weighted by atomic mass is 16.5. The molecule has 0 radical (unpaired) electrons. The van der Waals surface area contributed by atoms with Gasteiger partial charge in [0.25, 0.3) is 0 Å². The van der Waals surface area contributed by atoms with E-state index in [0.29, 0.717) is 24.3 Å². The van der Waals surface area contributed by atoms with Crippen LogP contribution in [0.3, 0.4) is 0 Å². The molecule has 8 nitrogen and oxygen atoms in total. The maximum Gasteiger partial charge on any atom is 0.164 e. The van der Waals surface area contributed by atoms with Crippen molar-refractivity contribution in [3.05, 3.63) is 94.5 Å². The minimum Gasteiger partial charge on any atom is -0.493 e. The van der Waals surface area contributed by atoms with E-state index in [-0.39, 0.29) is 6.61 Å². The zero-order chi connectivity index (χ0) is 26.5. The molecule has 2 unspecified atom stereocenters. The summed E-state index contributed by atoms with van der Waals surface area (Å²) in [7, 11) is 3.17. The molecule has 0 aliphatic heterocycles. The highest BCUT2D eigenvalue weighted by molar-refractivity contribution is 5.58. The quantitative estimate of drug-likeness (QED) is 0.294. The molecule has 0 spiro atoms. The van der Waals surface area contributed by atoms with E-state index in [1.807, 2.05) is 66.7 Å². The summed E-state index contributed by atoms with van der Waals surface area (Å²) in [5.74, 6) is 1.16. The van der Waals surface area contributed by atoms with Crippen molar-refractivity contribution in [1.82, 2.24) is 0 Å². The molecule has 1 aliphatic rings. The summed E-state index contributed by atoms with van der Waals surface area (Å²) in [6, 6.07) is 21.7. The molecule has 37 heavy (non-hydrogen) atoms. The van der Waals surface area contributed by atoms with Gasteiger partial charge in [0.15, 0.2) is 11.5 Å². The number of ether oxygens (including phenoxy) is 3. The molecule has 0 amide bonds. The summed E-state index contributed by atoms with van der Waals surface area (Å²) in [6.07, 6.45) is -8.43. The van der Waals surface area contributed by atoms with Gasteiger partial charge in [-0.15, -0.1) is 0 Å². The standard InChI is InChI=1S/C29H34O8/c1-35-27-19(13-17-9-5-3-6-10-17)15-20(21(28(27)36-2)14-18-11-7-4-8-12-18)16-37-29-25(33)23(31)22(30)24(32)26(29)34/h3-12,15,22-26,29-34H,13-14,16H2,1-2H3/t22?,23-,24+,25-,26-,29?/m0/s1. The van der Waals surface area contributed by atoms with Gasteiger partial charge in [0.05, 0.1) is 20.8 Å². The molecule has 3 aromatic rings. The molecule has 3 aromatic carbocycles. The number of aliphatic hydroxyl groups excluding tert-OH is 5. The number of aliphatic hydroxyl groups is 5. The summed E-state index contributed by atoms with van der Waals surface area (Å²) < 4.78 is 17.6. The highest BCUT2D eigenvalue weighted by Crippen LogP contribution is 2.40. The fraction of sp³-hybridized carbons (Fsp3) is 0.379. The van der Waals surface area contributed by atoms with Crippen molar-refractivity contribution >= 4 is 0 Å². The van der Waals surface area contributed by atoms with Gasteiger partial charge in [-0.3, -0.25) is 0 Å². The van der Waals surface area contributed by atoms with Crippen LogP contribution in [0.1, 0.15) is 27.8 Å². The third kappa shape index (κ3) is 5.80. The van der Waals surface area contributed by atoms with Gasteiger partial charge >= 0.3 is 0 Å². The van der Waals surface area contributed by atoms with Crippen LogP contribution in [0.4, 0.5) is 0 Å². The predicted octanol–water partition coefficient (Wildman–Crippen LogP) is 1.59. The maximum atomic E-state index is 10.5. The minimum atomic E-state index is -1.68. The lowest BCUT2D eigenvalue weighted by atomic mass is 9.85. The Balaban J connectivity index is 1.74. The first-order valence-corrected chi connectivity index (χ1v) is 12.2. The Morgan fingerprint density at radius 1 is 0.595 bits per heavy atom. The van der Waals surface area contributed by atoms with Crippen molar-refractivity contribution in [2.75, 3.05) is 14.2 Å². The van der Waals surface area contributed by atoms with Crippen molar-refractivity contribution < 1.29 is 39.7 Å². The topological polar surface area (TPSA) is 129 Å². The van der Waals surface area contributed by atoms with E-state index in [0.717, 1.165) is 27.8 Å². The van der Waals surface area contributed by atoms with Gasteiger partial charge in [0.1, 0.15) is 36.6 Å². The fourth-order valence-electron chi connectivity index (χ4n) is 4.88. The second kappa shape index (κ2) is 12.0. The Morgan fingerprint density at radius 3 is 1.59 bits per heavy atom. The maximum absolute atomic E-state index is 10.5.